The van der Waals surface area contributed by atoms with Crippen molar-refractivity contribution < 1.29 is 0 Å². The van der Waals surface area contributed by atoms with Crippen LogP contribution in [0.1, 0.15) is 26.5 Å². The van der Waals surface area contributed by atoms with E-state index in [0.717, 1.165) is 33.7 Å². The van der Waals surface area contributed by atoms with E-state index in [1.807, 2.05) is 39.1 Å². The molecule has 4 nitrogen and oxygen atoms in total. The number of aromatic nitrogens is 4. The molecule has 0 saturated heterocycles. The average Bonchev–Trinajstić information content (AvgIpc) is 3.23. The average molecular weight is 373 g/mol. The van der Waals surface area contributed by atoms with Crippen LogP contribution in [0.25, 0.3) is 21.6 Å². The highest BCUT2D eigenvalue weighted by Crippen LogP contribution is 2.30. The van der Waals surface area contributed by atoms with Crippen molar-refractivity contribution >= 4 is 34.0 Å². The first-order valence-corrected chi connectivity index (χ1v) is 9.35. The van der Waals surface area contributed by atoms with Crippen LogP contribution in [0.2, 0.25) is 5.28 Å². The van der Waals surface area contributed by atoms with Gasteiger partial charge in [0.15, 0.2) is 0 Å². The maximum absolute atomic E-state index is 5.82. The Kier molecular flexibility index (Phi) is 7.10. The van der Waals surface area contributed by atoms with Gasteiger partial charge in [0, 0.05) is 35.1 Å². The monoisotopic (exact) mass is 372 g/mol. The van der Waals surface area contributed by atoms with Crippen molar-refractivity contribution in [3.8, 4) is 10.6 Å². The molecular weight excluding hydrogens is 352 g/mol. The van der Waals surface area contributed by atoms with Crippen LogP contribution in [0, 0.1) is 0 Å². The molecule has 3 aromatic rings. The Morgan fingerprint density at radius 1 is 1.36 bits per heavy atom. The second-order valence-corrected chi connectivity index (χ2v) is 6.10. The number of fused-ring (bicyclic) bond motifs is 1. The van der Waals surface area contributed by atoms with Crippen molar-refractivity contribution in [1.82, 2.24) is 19.9 Å². The third kappa shape index (κ3) is 4.65. The van der Waals surface area contributed by atoms with Crippen LogP contribution in [-0.2, 0) is 6.42 Å². The molecule has 0 aliphatic carbocycles. The van der Waals surface area contributed by atoms with Gasteiger partial charge in [-0.15, -0.1) is 11.3 Å². The summed E-state index contributed by atoms with van der Waals surface area (Å²) in [7, 11) is 0. The second kappa shape index (κ2) is 9.30. The summed E-state index contributed by atoms with van der Waals surface area (Å²) in [5, 5.41) is 4.17. The first kappa shape index (κ1) is 19.1. The zero-order valence-corrected chi connectivity index (χ0v) is 16.2. The summed E-state index contributed by atoms with van der Waals surface area (Å²) in [6, 6.07) is 0. The first-order chi connectivity index (χ1) is 12.2. The summed E-state index contributed by atoms with van der Waals surface area (Å²) in [4.78, 5) is 16.1. The fraction of sp³-hybridized carbons (Fsp3) is 0.211. The van der Waals surface area contributed by atoms with Crippen molar-refractivity contribution in [2.75, 3.05) is 0 Å². The third-order valence-electron chi connectivity index (χ3n) is 3.28. The summed E-state index contributed by atoms with van der Waals surface area (Å²) in [6.45, 7) is 9.76. The van der Waals surface area contributed by atoms with E-state index in [9.17, 15) is 0 Å². The molecule has 3 heterocycles. The molecule has 0 amide bonds. The molecule has 0 aliphatic heterocycles. The topological polar surface area (TPSA) is 54.5 Å². The number of H-pyrrole nitrogens is 1. The van der Waals surface area contributed by atoms with Crippen LogP contribution in [0.15, 0.2) is 54.2 Å². The Hall–Kier alpha value is -2.24. The van der Waals surface area contributed by atoms with Gasteiger partial charge in [0.1, 0.15) is 10.7 Å². The number of rotatable bonds is 5. The number of thiazole rings is 1. The predicted molar refractivity (Wildman–Crippen MR) is 108 cm³/mol. The molecule has 3 rings (SSSR count). The van der Waals surface area contributed by atoms with Crippen LogP contribution in [0.4, 0.5) is 0 Å². The number of hydrogen-bond donors (Lipinski definition) is 1. The van der Waals surface area contributed by atoms with Crippen molar-refractivity contribution in [1.29, 1.82) is 0 Å². The lowest BCUT2D eigenvalue weighted by Gasteiger charge is -1.98. The van der Waals surface area contributed by atoms with Gasteiger partial charge in [0.05, 0.1) is 5.69 Å². The van der Waals surface area contributed by atoms with E-state index >= 15 is 0 Å². The molecule has 0 aromatic carbocycles. The van der Waals surface area contributed by atoms with E-state index < -0.39 is 0 Å². The van der Waals surface area contributed by atoms with Crippen molar-refractivity contribution in [3.05, 3.63) is 65.2 Å². The lowest BCUT2D eigenvalue weighted by Crippen LogP contribution is -1.88. The van der Waals surface area contributed by atoms with Crippen molar-refractivity contribution in [3.63, 3.8) is 0 Å². The Balaban J connectivity index is 0.00000109. The van der Waals surface area contributed by atoms with Crippen LogP contribution < -0.4 is 0 Å². The van der Waals surface area contributed by atoms with E-state index in [4.69, 9.17) is 16.6 Å². The Morgan fingerprint density at radius 2 is 2.16 bits per heavy atom. The Morgan fingerprint density at radius 3 is 2.88 bits per heavy atom. The minimum Gasteiger partial charge on any atom is -0.345 e. The highest BCUT2D eigenvalue weighted by Gasteiger charge is 2.12. The molecule has 0 radical (unpaired) electrons. The SMILES string of the molecule is C=C/C=C(\C=C/C)Cc1csc(-c2c[nH]c3nc(Cl)ncc23)n1.CC. The molecule has 0 aliphatic rings. The number of hydrogen-bond acceptors (Lipinski definition) is 4. The first-order valence-electron chi connectivity index (χ1n) is 8.10. The highest BCUT2D eigenvalue weighted by atomic mass is 35.5. The van der Waals surface area contributed by atoms with Crippen molar-refractivity contribution in [2.45, 2.75) is 27.2 Å². The summed E-state index contributed by atoms with van der Waals surface area (Å²) >= 11 is 7.43. The summed E-state index contributed by atoms with van der Waals surface area (Å²) < 4.78 is 0. The largest absolute Gasteiger partial charge is 0.345 e. The summed E-state index contributed by atoms with van der Waals surface area (Å²) in [5.41, 5.74) is 3.92. The number of halogens is 1. The molecular formula is C19H21ClN4S. The smallest absolute Gasteiger partial charge is 0.224 e. The van der Waals surface area contributed by atoms with Gasteiger partial charge in [0.2, 0.25) is 5.28 Å². The second-order valence-electron chi connectivity index (χ2n) is 4.90. The molecule has 25 heavy (non-hydrogen) atoms. The van der Waals surface area contributed by atoms with E-state index in [2.05, 4.69) is 33.0 Å². The molecule has 0 bridgehead atoms. The summed E-state index contributed by atoms with van der Waals surface area (Å²) in [6.07, 6.45) is 12.3. The molecule has 0 unspecified atom stereocenters. The quantitative estimate of drug-likeness (QED) is 0.442. The number of aromatic amines is 1. The fourth-order valence-electron chi connectivity index (χ4n) is 2.32. The predicted octanol–water partition coefficient (Wildman–Crippen LogP) is 5.99. The van der Waals surface area contributed by atoms with E-state index in [1.165, 1.54) is 5.57 Å². The molecule has 0 saturated carbocycles. The molecule has 3 aromatic heterocycles. The van der Waals surface area contributed by atoms with Gasteiger partial charge in [-0.25, -0.2) is 9.97 Å². The maximum atomic E-state index is 5.82. The zero-order valence-electron chi connectivity index (χ0n) is 14.6. The van der Waals surface area contributed by atoms with E-state index in [-0.39, 0.29) is 5.28 Å². The van der Waals surface area contributed by atoms with E-state index in [0.29, 0.717) is 0 Å². The highest BCUT2D eigenvalue weighted by molar-refractivity contribution is 7.13. The number of nitrogens with one attached hydrogen (secondary N) is 1. The van der Waals surface area contributed by atoms with Gasteiger partial charge in [0.25, 0.3) is 0 Å². The van der Waals surface area contributed by atoms with Gasteiger partial charge in [-0.3, -0.25) is 0 Å². The lowest BCUT2D eigenvalue weighted by molar-refractivity contribution is 1.11. The van der Waals surface area contributed by atoms with Gasteiger partial charge in [-0.1, -0.05) is 44.7 Å². The number of allylic oxidation sites excluding steroid dienone is 5. The van der Waals surface area contributed by atoms with Crippen LogP contribution in [0.3, 0.4) is 0 Å². The number of nitrogens with zero attached hydrogens (tertiary/aromatic N) is 3. The zero-order chi connectivity index (χ0) is 18.2. The third-order valence-corrected chi connectivity index (χ3v) is 4.39. The summed E-state index contributed by atoms with van der Waals surface area (Å²) in [5.74, 6) is 0. The normalized spacial score (nSPS) is 11.6. The van der Waals surface area contributed by atoms with Crippen LogP contribution >= 0.6 is 22.9 Å². The van der Waals surface area contributed by atoms with Crippen LogP contribution in [-0.4, -0.2) is 19.9 Å². The minimum absolute atomic E-state index is 0.233. The Bertz CT molecular complexity index is 905. The molecule has 0 fully saturated rings. The standard InChI is InChI=1S/C17H15ClN4S.C2H6/c1-3-5-11(6-4-2)7-12-10-23-16(21-12)14-9-19-15-13(14)8-20-17(18)22-15;1-2/h3-6,8-10H,1,7H2,2H3,(H,19,20,22);1-2H3/b6-4-,11-5+;. The molecule has 1 N–H and O–H groups in total. The van der Waals surface area contributed by atoms with Crippen molar-refractivity contribution in [2.24, 2.45) is 0 Å². The Labute approximate surface area is 157 Å². The van der Waals surface area contributed by atoms with Gasteiger partial charge in [-0.05, 0) is 24.1 Å². The molecule has 6 heteroatoms. The lowest BCUT2D eigenvalue weighted by atomic mass is 10.1. The molecule has 0 spiro atoms. The van der Waals surface area contributed by atoms with Crippen LogP contribution in [0.5, 0.6) is 0 Å². The maximum Gasteiger partial charge on any atom is 0.224 e. The van der Waals surface area contributed by atoms with Gasteiger partial charge < -0.3 is 4.98 Å². The molecule has 130 valence electrons. The molecule has 0 atom stereocenters. The van der Waals surface area contributed by atoms with E-state index in [1.54, 1.807) is 23.6 Å². The fourth-order valence-corrected chi connectivity index (χ4v) is 3.31. The van der Waals surface area contributed by atoms with Gasteiger partial charge >= 0.3 is 0 Å². The minimum atomic E-state index is 0.233. The van der Waals surface area contributed by atoms with Gasteiger partial charge in [-0.2, -0.15) is 4.98 Å².